The zero-order valence-electron chi connectivity index (χ0n) is 20.8. The van der Waals surface area contributed by atoms with Gasteiger partial charge in [0.1, 0.15) is 5.82 Å². The van der Waals surface area contributed by atoms with Crippen molar-refractivity contribution in [1.29, 1.82) is 0 Å². The fourth-order valence-corrected chi connectivity index (χ4v) is 4.75. The summed E-state index contributed by atoms with van der Waals surface area (Å²) in [5, 5.41) is 9.77. The highest BCUT2D eigenvalue weighted by molar-refractivity contribution is 5.99. The summed E-state index contributed by atoms with van der Waals surface area (Å²) >= 11 is 0. The minimum Gasteiger partial charge on any atom is -0.339 e. The molecular weight excluding hydrogens is 469 g/mol. The number of hydrogen-bond acceptors (Lipinski definition) is 5. The number of hydrogen-bond donors (Lipinski definition) is 2. The van der Waals surface area contributed by atoms with Crippen LogP contribution in [0.15, 0.2) is 77.3 Å². The Bertz CT molecular complexity index is 1340. The number of likely N-dealkylation sites (tertiary alicyclic amines) is 1. The van der Waals surface area contributed by atoms with Crippen molar-refractivity contribution in [2.24, 2.45) is 5.92 Å². The molecule has 190 valence electrons. The molecule has 2 N–H and O–H groups in total. The van der Waals surface area contributed by atoms with Crippen LogP contribution in [0, 0.1) is 18.7 Å². The first-order chi connectivity index (χ1) is 18.0. The molecule has 37 heavy (non-hydrogen) atoms. The molecule has 1 fully saturated rings. The van der Waals surface area contributed by atoms with Crippen LogP contribution in [-0.2, 0) is 13.0 Å². The molecule has 7 nitrogen and oxygen atoms in total. The molecule has 0 bridgehead atoms. The fraction of sp³-hybridized carbons (Fsp3) is 0.276. The fourth-order valence-electron chi connectivity index (χ4n) is 4.75. The maximum atomic E-state index is 13.9. The number of halogens is 1. The number of para-hydroxylation sites is 1. The number of carbonyl (C=O) groups is 1. The molecule has 1 aliphatic rings. The van der Waals surface area contributed by atoms with Crippen molar-refractivity contribution in [3.05, 3.63) is 95.6 Å². The van der Waals surface area contributed by atoms with Gasteiger partial charge in [0.05, 0.1) is 0 Å². The molecular formula is C29H30FN5O2. The Hall–Kier alpha value is -4.04. The second kappa shape index (κ2) is 11.3. The van der Waals surface area contributed by atoms with E-state index in [0.717, 1.165) is 54.9 Å². The molecule has 1 atom stereocenters. The zero-order chi connectivity index (χ0) is 25.6. The number of carbonyl (C=O) groups excluding carboxylic acids is 1. The van der Waals surface area contributed by atoms with Crippen LogP contribution in [0.5, 0.6) is 0 Å². The quantitative estimate of drug-likeness (QED) is 0.313. The average Bonchev–Trinajstić information content (AvgIpc) is 3.36. The van der Waals surface area contributed by atoms with Crippen LogP contribution in [-0.4, -0.2) is 34.2 Å². The molecule has 1 aliphatic heterocycles. The summed E-state index contributed by atoms with van der Waals surface area (Å²) in [6.45, 7) is 4.51. The maximum absolute atomic E-state index is 13.9. The molecule has 0 aliphatic carbocycles. The molecule has 1 unspecified atom stereocenters. The molecule has 5 rings (SSSR count). The summed E-state index contributed by atoms with van der Waals surface area (Å²) in [5.74, 6) is 1.40. The summed E-state index contributed by atoms with van der Waals surface area (Å²) in [4.78, 5) is 19.2. The van der Waals surface area contributed by atoms with E-state index in [-0.39, 0.29) is 11.8 Å². The second-order valence-electron chi connectivity index (χ2n) is 9.51. The summed E-state index contributed by atoms with van der Waals surface area (Å²) in [6.07, 6.45) is 2.90. The first-order valence-corrected chi connectivity index (χ1v) is 12.6. The van der Waals surface area contributed by atoms with Gasteiger partial charge in [0, 0.05) is 36.4 Å². The molecule has 0 saturated carbocycles. The van der Waals surface area contributed by atoms with Crippen molar-refractivity contribution in [1.82, 2.24) is 15.0 Å². The van der Waals surface area contributed by atoms with Crippen molar-refractivity contribution in [2.75, 3.05) is 23.7 Å². The largest absolute Gasteiger partial charge is 0.339 e. The normalized spacial score (nSPS) is 15.9. The Morgan fingerprint density at radius 1 is 1.03 bits per heavy atom. The van der Waals surface area contributed by atoms with Crippen LogP contribution in [0.3, 0.4) is 0 Å². The number of benzene rings is 3. The molecule has 0 radical (unpaired) electrons. The van der Waals surface area contributed by atoms with Gasteiger partial charge in [-0.3, -0.25) is 4.90 Å². The average molecular weight is 500 g/mol. The third-order valence-electron chi connectivity index (χ3n) is 6.74. The van der Waals surface area contributed by atoms with E-state index in [1.807, 2.05) is 67.6 Å². The van der Waals surface area contributed by atoms with Gasteiger partial charge in [-0.1, -0.05) is 35.5 Å². The van der Waals surface area contributed by atoms with E-state index in [1.54, 1.807) is 6.07 Å². The highest BCUT2D eigenvalue weighted by Gasteiger charge is 2.23. The number of anilines is 2. The smallest absolute Gasteiger partial charge is 0.323 e. The number of aromatic nitrogens is 2. The van der Waals surface area contributed by atoms with E-state index in [0.29, 0.717) is 29.7 Å². The van der Waals surface area contributed by atoms with E-state index in [1.165, 1.54) is 6.07 Å². The molecule has 3 aromatic carbocycles. The predicted octanol–water partition coefficient (Wildman–Crippen LogP) is 6.28. The number of amides is 2. The Balaban J connectivity index is 1.15. The Labute approximate surface area is 215 Å². The highest BCUT2D eigenvalue weighted by atomic mass is 19.1. The lowest BCUT2D eigenvalue weighted by atomic mass is 9.94. The van der Waals surface area contributed by atoms with Crippen LogP contribution >= 0.6 is 0 Å². The van der Waals surface area contributed by atoms with Crippen molar-refractivity contribution >= 4 is 17.4 Å². The van der Waals surface area contributed by atoms with Crippen LogP contribution in [0.4, 0.5) is 20.6 Å². The van der Waals surface area contributed by atoms with Gasteiger partial charge in [-0.15, -0.1) is 0 Å². The van der Waals surface area contributed by atoms with Crippen molar-refractivity contribution in [3.8, 4) is 11.4 Å². The van der Waals surface area contributed by atoms with Gasteiger partial charge < -0.3 is 15.2 Å². The summed E-state index contributed by atoms with van der Waals surface area (Å²) < 4.78 is 19.5. The van der Waals surface area contributed by atoms with Gasteiger partial charge in [-0.05, 0) is 85.8 Å². The minimum atomic E-state index is -0.310. The topological polar surface area (TPSA) is 83.3 Å². The standard InChI is InChI=1S/C29H30FN5O2/c1-20-23(8-5-11-26(20)30)19-35-16-6-7-21(18-35)17-27-33-28(34-37-27)22-12-14-25(15-13-22)32-29(36)31-24-9-3-2-4-10-24/h2-5,8-15,21H,6-7,16-19H2,1H3,(H2,31,32,36). The number of rotatable bonds is 7. The van der Waals surface area contributed by atoms with Gasteiger partial charge >= 0.3 is 6.03 Å². The molecule has 8 heteroatoms. The van der Waals surface area contributed by atoms with Crippen molar-refractivity contribution in [3.63, 3.8) is 0 Å². The lowest BCUT2D eigenvalue weighted by Gasteiger charge is -2.32. The summed E-state index contributed by atoms with van der Waals surface area (Å²) in [7, 11) is 0. The van der Waals surface area contributed by atoms with Crippen LogP contribution in [0.2, 0.25) is 0 Å². The van der Waals surface area contributed by atoms with Crippen LogP contribution in [0.1, 0.15) is 29.9 Å². The highest BCUT2D eigenvalue weighted by Crippen LogP contribution is 2.25. The van der Waals surface area contributed by atoms with Gasteiger partial charge in [0.2, 0.25) is 11.7 Å². The molecule has 4 aromatic rings. The summed E-state index contributed by atoms with van der Waals surface area (Å²) in [5.41, 5.74) is 3.97. The van der Waals surface area contributed by atoms with Gasteiger partial charge in [0.25, 0.3) is 0 Å². The first-order valence-electron chi connectivity index (χ1n) is 12.6. The predicted molar refractivity (Wildman–Crippen MR) is 142 cm³/mol. The van der Waals surface area contributed by atoms with Gasteiger partial charge in [-0.25, -0.2) is 9.18 Å². The summed E-state index contributed by atoms with van der Waals surface area (Å²) in [6, 6.07) is 21.6. The van der Waals surface area contributed by atoms with Crippen molar-refractivity contribution in [2.45, 2.75) is 32.7 Å². The molecule has 2 heterocycles. The van der Waals surface area contributed by atoms with Gasteiger partial charge in [-0.2, -0.15) is 4.98 Å². The number of nitrogens with zero attached hydrogens (tertiary/aromatic N) is 3. The maximum Gasteiger partial charge on any atom is 0.323 e. The van der Waals surface area contributed by atoms with Crippen molar-refractivity contribution < 1.29 is 13.7 Å². The lowest BCUT2D eigenvalue weighted by molar-refractivity contribution is 0.160. The molecule has 0 spiro atoms. The van der Waals surface area contributed by atoms with Crippen LogP contribution < -0.4 is 10.6 Å². The van der Waals surface area contributed by atoms with E-state index in [9.17, 15) is 9.18 Å². The number of urea groups is 1. The number of piperidine rings is 1. The Morgan fingerprint density at radius 3 is 2.57 bits per heavy atom. The first kappa shape index (κ1) is 24.6. The van der Waals surface area contributed by atoms with Gasteiger partial charge in [0.15, 0.2) is 0 Å². The SMILES string of the molecule is Cc1c(F)cccc1CN1CCCC(Cc2nc(-c3ccc(NC(=O)Nc4ccccc4)cc3)no2)C1. The van der Waals surface area contributed by atoms with E-state index in [4.69, 9.17) is 4.52 Å². The van der Waals surface area contributed by atoms with E-state index < -0.39 is 0 Å². The lowest BCUT2D eigenvalue weighted by Crippen LogP contribution is -2.36. The minimum absolute atomic E-state index is 0.149. The Kier molecular flexibility index (Phi) is 7.56. The molecule has 1 aromatic heterocycles. The zero-order valence-corrected chi connectivity index (χ0v) is 20.8. The third-order valence-corrected chi connectivity index (χ3v) is 6.74. The monoisotopic (exact) mass is 499 g/mol. The molecule has 2 amide bonds. The number of nitrogens with one attached hydrogen (secondary N) is 2. The van der Waals surface area contributed by atoms with E-state index in [2.05, 4.69) is 25.7 Å². The van der Waals surface area contributed by atoms with E-state index >= 15 is 0 Å². The Morgan fingerprint density at radius 2 is 1.78 bits per heavy atom. The van der Waals surface area contributed by atoms with Crippen LogP contribution in [0.25, 0.3) is 11.4 Å². The third kappa shape index (κ3) is 6.40. The molecule has 1 saturated heterocycles. The second-order valence-corrected chi connectivity index (χ2v) is 9.51.